The van der Waals surface area contributed by atoms with Crippen LogP contribution in [-0.2, 0) is 0 Å². The van der Waals surface area contributed by atoms with E-state index in [-0.39, 0.29) is 24.0 Å². The van der Waals surface area contributed by atoms with Gasteiger partial charge in [0.25, 0.3) is 0 Å². The Bertz CT molecular complexity index is 704. The molecule has 2 unspecified atom stereocenters. The van der Waals surface area contributed by atoms with Gasteiger partial charge < -0.3 is 15.0 Å². The molecule has 5 nitrogen and oxygen atoms in total. The van der Waals surface area contributed by atoms with Gasteiger partial charge in [-0.05, 0) is 81.6 Å². The van der Waals surface area contributed by atoms with Crippen LogP contribution in [0.3, 0.4) is 0 Å². The Kier molecular flexibility index (Phi) is 8.30. The summed E-state index contributed by atoms with van der Waals surface area (Å²) >= 11 is 0. The molecule has 1 spiro atoms. The van der Waals surface area contributed by atoms with Crippen molar-refractivity contribution in [2.24, 2.45) is 16.3 Å². The maximum Gasteiger partial charge on any atom is 0.193 e. The highest BCUT2D eigenvalue weighted by Crippen LogP contribution is 2.48. The zero-order valence-corrected chi connectivity index (χ0v) is 21.2. The van der Waals surface area contributed by atoms with E-state index in [1.807, 2.05) is 0 Å². The second-order valence-corrected chi connectivity index (χ2v) is 9.32. The maximum absolute atomic E-state index is 5.35. The Balaban J connectivity index is 0.00000256. The molecule has 3 aliphatic rings. The van der Waals surface area contributed by atoms with Crippen LogP contribution in [-0.4, -0.2) is 62.6 Å². The van der Waals surface area contributed by atoms with Crippen molar-refractivity contribution in [2.75, 3.05) is 46.9 Å². The first-order chi connectivity index (χ1) is 14.1. The van der Waals surface area contributed by atoms with E-state index in [0.29, 0.717) is 17.4 Å². The molecular weight excluding hydrogens is 487 g/mol. The lowest BCUT2D eigenvalue weighted by Crippen LogP contribution is -2.43. The second kappa shape index (κ2) is 10.5. The molecule has 0 aromatic heterocycles. The number of piperidine rings is 1. The highest BCUT2D eigenvalue weighted by molar-refractivity contribution is 14.0. The van der Waals surface area contributed by atoms with E-state index >= 15 is 0 Å². The fraction of sp³-hybridized carbons (Fsp3) is 0.708. The highest BCUT2D eigenvalue weighted by Gasteiger charge is 2.43. The van der Waals surface area contributed by atoms with Gasteiger partial charge in [-0.25, -0.2) is 0 Å². The third-order valence-electron chi connectivity index (χ3n) is 7.43. The van der Waals surface area contributed by atoms with Crippen LogP contribution < -0.4 is 10.1 Å². The van der Waals surface area contributed by atoms with E-state index in [2.05, 4.69) is 53.4 Å². The lowest BCUT2D eigenvalue weighted by atomic mass is 9.68. The fourth-order valence-electron chi connectivity index (χ4n) is 5.61. The molecule has 1 aromatic rings. The summed E-state index contributed by atoms with van der Waals surface area (Å²) in [5.74, 6) is 2.62. The molecule has 2 saturated heterocycles. The van der Waals surface area contributed by atoms with Crippen LogP contribution in [0.15, 0.2) is 29.3 Å². The van der Waals surface area contributed by atoms with E-state index in [0.717, 1.165) is 37.9 Å². The number of aliphatic imine (C=N–C) groups is 1. The minimum atomic E-state index is 0. The number of hydrogen-bond donors (Lipinski definition) is 1. The molecule has 1 aromatic carbocycles. The van der Waals surface area contributed by atoms with Gasteiger partial charge in [0, 0.05) is 32.2 Å². The Morgan fingerprint density at radius 3 is 2.53 bits per heavy atom. The molecule has 3 fully saturated rings. The number of methoxy groups -OCH3 is 1. The lowest BCUT2D eigenvalue weighted by molar-refractivity contribution is 0.125. The number of likely N-dealkylation sites (tertiary alicyclic amines) is 2. The average Bonchev–Trinajstić information content (AvgIpc) is 3.18. The van der Waals surface area contributed by atoms with Gasteiger partial charge >= 0.3 is 0 Å². The van der Waals surface area contributed by atoms with E-state index in [4.69, 9.17) is 9.73 Å². The quantitative estimate of drug-likeness (QED) is 0.348. The molecule has 4 rings (SSSR count). The lowest BCUT2D eigenvalue weighted by Gasteiger charge is -2.39. The minimum Gasteiger partial charge on any atom is -0.497 e. The molecule has 1 N–H and O–H groups in total. The van der Waals surface area contributed by atoms with Crippen molar-refractivity contribution in [1.29, 1.82) is 0 Å². The summed E-state index contributed by atoms with van der Waals surface area (Å²) in [4.78, 5) is 10.2. The highest BCUT2D eigenvalue weighted by atomic mass is 127. The van der Waals surface area contributed by atoms with E-state index < -0.39 is 0 Å². The van der Waals surface area contributed by atoms with Crippen molar-refractivity contribution in [3.63, 3.8) is 0 Å². The third kappa shape index (κ3) is 5.06. The van der Waals surface area contributed by atoms with Gasteiger partial charge in [-0.15, -0.1) is 24.0 Å². The largest absolute Gasteiger partial charge is 0.497 e. The molecule has 0 bridgehead atoms. The molecule has 0 radical (unpaired) electrons. The standard InChI is InChI=1S/C24H38N4O.HI/c1-4-25-23(28-16-14-24(18-28)12-6-13-24)26-17-20-7-5-15-27(2)22(20)19-8-10-21(29-3)11-9-19;/h8-11,20,22H,4-7,12-18H2,1-3H3,(H,25,26);1H. The van der Waals surface area contributed by atoms with Crippen molar-refractivity contribution in [1.82, 2.24) is 15.1 Å². The van der Waals surface area contributed by atoms with Crippen LogP contribution in [0, 0.1) is 11.3 Å². The van der Waals surface area contributed by atoms with Gasteiger partial charge in [0.05, 0.1) is 7.11 Å². The Hall–Kier alpha value is -1.02. The van der Waals surface area contributed by atoms with Gasteiger partial charge in [-0.2, -0.15) is 0 Å². The van der Waals surface area contributed by atoms with E-state index in [9.17, 15) is 0 Å². The van der Waals surface area contributed by atoms with Crippen LogP contribution in [0.2, 0.25) is 0 Å². The SMILES string of the molecule is CCNC(=NCC1CCCN(C)C1c1ccc(OC)cc1)N1CCC2(CCC2)C1.I. The number of ether oxygens (including phenoxy) is 1. The first-order valence-corrected chi connectivity index (χ1v) is 11.5. The molecular formula is C24H39IN4O. The molecule has 30 heavy (non-hydrogen) atoms. The first kappa shape index (κ1) is 23.6. The van der Waals surface area contributed by atoms with Crippen molar-refractivity contribution in [3.8, 4) is 5.75 Å². The van der Waals surface area contributed by atoms with Crippen molar-refractivity contribution in [3.05, 3.63) is 29.8 Å². The molecule has 2 aliphatic heterocycles. The minimum absolute atomic E-state index is 0. The normalized spacial score (nSPS) is 26.2. The van der Waals surface area contributed by atoms with Gasteiger partial charge in [0.15, 0.2) is 5.96 Å². The van der Waals surface area contributed by atoms with Crippen LogP contribution in [0.1, 0.15) is 57.1 Å². The third-order valence-corrected chi connectivity index (χ3v) is 7.43. The Morgan fingerprint density at radius 1 is 1.17 bits per heavy atom. The zero-order chi connectivity index (χ0) is 20.3. The molecule has 2 atom stereocenters. The number of hydrogen-bond acceptors (Lipinski definition) is 3. The van der Waals surface area contributed by atoms with Crippen LogP contribution in [0.25, 0.3) is 0 Å². The predicted octanol–water partition coefficient (Wildman–Crippen LogP) is 4.54. The second-order valence-electron chi connectivity index (χ2n) is 9.32. The molecule has 1 aliphatic carbocycles. The molecule has 0 amide bonds. The van der Waals surface area contributed by atoms with Gasteiger partial charge in [-0.3, -0.25) is 9.89 Å². The summed E-state index contributed by atoms with van der Waals surface area (Å²) < 4.78 is 5.35. The molecule has 1 saturated carbocycles. The monoisotopic (exact) mass is 526 g/mol. The maximum atomic E-state index is 5.35. The van der Waals surface area contributed by atoms with Crippen molar-refractivity contribution >= 4 is 29.9 Å². The number of benzene rings is 1. The number of nitrogens with zero attached hydrogens (tertiary/aromatic N) is 3. The number of guanidine groups is 1. The zero-order valence-electron chi connectivity index (χ0n) is 18.9. The summed E-state index contributed by atoms with van der Waals surface area (Å²) in [6.07, 6.45) is 8.09. The van der Waals surface area contributed by atoms with Gasteiger partial charge in [0.1, 0.15) is 5.75 Å². The summed E-state index contributed by atoms with van der Waals surface area (Å²) in [5.41, 5.74) is 1.99. The van der Waals surface area contributed by atoms with Gasteiger partial charge in [-0.1, -0.05) is 18.6 Å². The number of halogens is 1. The van der Waals surface area contributed by atoms with E-state index in [1.54, 1.807) is 7.11 Å². The first-order valence-electron chi connectivity index (χ1n) is 11.5. The topological polar surface area (TPSA) is 40.1 Å². The summed E-state index contributed by atoms with van der Waals surface area (Å²) in [5, 5.41) is 3.58. The number of rotatable bonds is 5. The van der Waals surface area contributed by atoms with Crippen LogP contribution in [0.5, 0.6) is 5.75 Å². The predicted molar refractivity (Wildman–Crippen MR) is 135 cm³/mol. The molecule has 2 heterocycles. The van der Waals surface area contributed by atoms with Crippen molar-refractivity contribution in [2.45, 2.75) is 51.5 Å². The van der Waals surface area contributed by atoms with Gasteiger partial charge in [0.2, 0.25) is 0 Å². The smallest absolute Gasteiger partial charge is 0.193 e. The average molecular weight is 527 g/mol. The van der Waals surface area contributed by atoms with Crippen LogP contribution >= 0.6 is 24.0 Å². The summed E-state index contributed by atoms with van der Waals surface area (Å²) in [7, 11) is 3.99. The van der Waals surface area contributed by atoms with Crippen LogP contribution in [0.4, 0.5) is 0 Å². The summed E-state index contributed by atoms with van der Waals surface area (Å²) in [6, 6.07) is 9.06. The van der Waals surface area contributed by atoms with Crippen molar-refractivity contribution < 1.29 is 4.74 Å². The summed E-state index contributed by atoms with van der Waals surface area (Å²) in [6.45, 7) is 7.54. The molecule has 6 heteroatoms. The number of nitrogens with one attached hydrogen (secondary N) is 1. The Labute approximate surface area is 199 Å². The van der Waals surface area contributed by atoms with E-state index in [1.165, 1.54) is 50.6 Å². The fourth-order valence-corrected chi connectivity index (χ4v) is 5.61. The molecule has 168 valence electrons. The Morgan fingerprint density at radius 2 is 1.93 bits per heavy atom.